The zero-order chi connectivity index (χ0) is 15.7. The minimum absolute atomic E-state index is 0.319. The fourth-order valence-electron chi connectivity index (χ4n) is 2.37. The van der Waals surface area contributed by atoms with Crippen molar-refractivity contribution >= 4 is 0 Å². The molecule has 1 rings (SSSR count). The monoisotopic (exact) mass is 299 g/mol. The van der Waals surface area contributed by atoms with Gasteiger partial charge in [-0.15, -0.1) is 0 Å². The summed E-state index contributed by atoms with van der Waals surface area (Å²) < 4.78 is 32.8. The molecule has 0 spiro atoms. The Morgan fingerprint density at radius 3 is 2.57 bits per heavy atom. The average molecular weight is 299 g/mol. The lowest BCUT2D eigenvalue weighted by Crippen LogP contribution is -2.24. The van der Waals surface area contributed by atoms with Gasteiger partial charge in [-0.3, -0.25) is 0 Å². The Morgan fingerprint density at radius 1 is 1.19 bits per heavy atom. The Labute approximate surface area is 126 Å². The third-order valence-electron chi connectivity index (χ3n) is 3.89. The normalized spacial score (nSPS) is 14.1. The van der Waals surface area contributed by atoms with Gasteiger partial charge >= 0.3 is 0 Å². The lowest BCUT2D eigenvalue weighted by atomic mass is 10.0. The van der Waals surface area contributed by atoms with Crippen LogP contribution in [-0.2, 0) is 4.74 Å². The van der Waals surface area contributed by atoms with Gasteiger partial charge < -0.3 is 10.1 Å². The first-order valence-corrected chi connectivity index (χ1v) is 7.82. The van der Waals surface area contributed by atoms with Crippen LogP contribution < -0.4 is 5.32 Å². The molecule has 0 aliphatic heterocycles. The maximum atomic E-state index is 13.8. The summed E-state index contributed by atoms with van der Waals surface area (Å²) in [5.41, 5.74) is 0.319. The summed E-state index contributed by atoms with van der Waals surface area (Å²) in [4.78, 5) is 0. The predicted octanol–water partition coefficient (Wildman–Crippen LogP) is 4.46. The van der Waals surface area contributed by atoms with Crippen molar-refractivity contribution in [1.82, 2.24) is 5.32 Å². The molecular weight excluding hydrogens is 272 g/mol. The van der Waals surface area contributed by atoms with Crippen LogP contribution in [0.1, 0.15) is 51.1 Å². The van der Waals surface area contributed by atoms with Crippen molar-refractivity contribution in [3.63, 3.8) is 0 Å². The van der Waals surface area contributed by atoms with E-state index in [4.69, 9.17) is 4.74 Å². The molecule has 0 radical (unpaired) electrons. The number of benzene rings is 1. The quantitative estimate of drug-likeness (QED) is 0.689. The van der Waals surface area contributed by atoms with Gasteiger partial charge in [-0.1, -0.05) is 45.2 Å². The number of halogens is 2. The van der Waals surface area contributed by atoms with Gasteiger partial charge in [-0.05, 0) is 25.5 Å². The molecule has 2 nitrogen and oxygen atoms in total. The summed E-state index contributed by atoms with van der Waals surface area (Å²) in [6.07, 6.45) is 4.63. The third kappa shape index (κ3) is 5.71. The second-order valence-corrected chi connectivity index (χ2v) is 5.44. The molecule has 1 N–H and O–H groups in total. The maximum absolute atomic E-state index is 13.8. The molecule has 0 aromatic heterocycles. The van der Waals surface area contributed by atoms with E-state index < -0.39 is 11.6 Å². The topological polar surface area (TPSA) is 21.3 Å². The summed E-state index contributed by atoms with van der Waals surface area (Å²) in [7, 11) is 1.73. The van der Waals surface area contributed by atoms with Crippen molar-refractivity contribution in [2.75, 3.05) is 20.3 Å². The second-order valence-electron chi connectivity index (χ2n) is 5.44. The van der Waals surface area contributed by atoms with Gasteiger partial charge in [0.05, 0.1) is 12.6 Å². The molecule has 0 amide bonds. The van der Waals surface area contributed by atoms with Crippen LogP contribution in [0.2, 0.25) is 0 Å². The van der Waals surface area contributed by atoms with E-state index in [1.807, 2.05) is 0 Å². The van der Waals surface area contributed by atoms with Crippen molar-refractivity contribution in [2.24, 2.45) is 5.92 Å². The Bertz CT molecular complexity index is 412. The van der Waals surface area contributed by atoms with Gasteiger partial charge in [0.2, 0.25) is 0 Å². The highest BCUT2D eigenvalue weighted by Crippen LogP contribution is 2.20. The van der Waals surface area contributed by atoms with Crippen molar-refractivity contribution < 1.29 is 13.5 Å². The van der Waals surface area contributed by atoms with Crippen LogP contribution in [0.5, 0.6) is 0 Å². The first-order valence-electron chi connectivity index (χ1n) is 7.82. The molecule has 21 heavy (non-hydrogen) atoms. The lowest BCUT2D eigenvalue weighted by Gasteiger charge is -2.20. The summed E-state index contributed by atoms with van der Waals surface area (Å²) in [6, 6.07) is 3.92. The van der Waals surface area contributed by atoms with Crippen molar-refractivity contribution in [3.05, 3.63) is 35.4 Å². The van der Waals surface area contributed by atoms with Gasteiger partial charge in [0, 0.05) is 12.2 Å². The summed E-state index contributed by atoms with van der Waals surface area (Å²) in [5.74, 6) is -1.07. The van der Waals surface area contributed by atoms with Crippen LogP contribution in [0.3, 0.4) is 0 Å². The van der Waals surface area contributed by atoms with E-state index in [1.54, 1.807) is 13.1 Å². The number of hydrogen-bond acceptors (Lipinski definition) is 2. The van der Waals surface area contributed by atoms with Crippen molar-refractivity contribution in [1.29, 1.82) is 0 Å². The zero-order valence-electron chi connectivity index (χ0n) is 13.3. The standard InChI is InChI=1S/C17H27F2NO/c1-4-6-8-13(5-2)11-21-12-16(20-3)14-9-7-10-15(18)17(14)19/h7,9-10,13,16,20H,4-6,8,11-12H2,1-3H3. The molecule has 0 saturated carbocycles. The van der Waals surface area contributed by atoms with Crippen LogP contribution in [0, 0.1) is 17.6 Å². The molecule has 4 heteroatoms. The third-order valence-corrected chi connectivity index (χ3v) is 3.89. The van der Waals surface area contributed by atoms with Crippen LogP contribution >= 0.6 is 0 Å². The molecule has 2 unspecified atom stereocenters. The van der Waals surface area contributed by atoms with Gasteiger partial charge in [-0.25, -0.2) is 8.78 Å². The van der Waals surface area contributed by atoms with Gasteiger partial charge in [0.15, 0.2) is 11.6 Å². The SMILES string of the molecule is CCCCC(CC)COCC(NC)c1cccc(F)c1F. The molecule has 0 aliphatic rings. The highest BCUT2D eigenvalue weighted by molar-refractivity contribution is 5.22. The molecule has 0 heterocycles. The van der Waals surface area contributed by atoms with Crippen LogP contribution in [0.15, 0.2) is 18.2 Å². The molecule has 0 bridgehead atoms. The number of likely N-dealkylation sites (N-methyl/N-ethyl adjacent to an activating group) is 1. The first kappa shape index (κ1) is 18.1. The molecule has 0 aliphatic carbocycles. The summed E-state index contributed by atoms with van der Waals surface area (Å²) in [6.45, 7) is 5.36. The highest BCUT2D eigenvalue weighted by Gasteiger charge is 2.17. The van der Waals surface area contributed by atoms with Gasteiger partial charge in [0.25, 0.3) is 0 Å². The van der Waals surface area contributed by atoms with E-state index in [0.29, 0.717) is 24.7 Å². The summed E-state index contributed by atoms with van der Waals surface area (Å²) >= 11 is 0. The van der Waals surface area contributed by atoms with Gasteiger partial charge in [0.1, 0.15) is 0 Å². The highest BCUT2D eigenvalue weighted by atomic mass is 19.2. The average Bonchev–Trinajstić information content (AvgIpc) is 2.50. The maximum Gasteiger partial charge on any atom is 0.163 e. The molecular formula is C17H27F2NO. The fraction of sp³-hybridized carbons (Fsp3) is 0.647. The molecule has 1 aromatic rings. The number of nitrogens with one attached hydrogen (secondary N) is 1. The number of rotatable bonds is 10. The smallest absolute Gasteiger partial charge is 0.163 e. The Balaban J connectivity index is 2.53. The molecule has 0 saturated heterocycles. The second kappa shape index (κ2) is 9.85. The van der Waals surface area contributed by atoms with Crippen molar-refractivity contribution in [2.45, 2.75) is 45.6 Å². The predicted molar refractivity (Wildman–Crippen MR) is 82.3 cm³/mol. The number of unbranched alkanes of at least 4 members (excludes halogenated alkanes) is 1. The van der Waals surface area contributed by atoms with Crippen LogP contribution in [0.4, 0.5) is 8.78 Å². The zero-order valence-corrected chi connectivity index (χ0v) is 13.3. The number of hydrogen-bond donors (Lipinski definition) is 1. The van der Waals surface area contributed by atoms with Crippen LogP contribution in [-0.4, -0.2) is 20.3 Å². The Morgan fingerprint density at radius 2 is 1.95 bits per heavy atom. The largest absolute Gasteiger partial charge is 0.379 e. The number of ether oxygens (including phenoxy) is 1. The molecule has 2 atom stereocenters. The first-order chi connectivity index (χ1) is 10.1. The molecule has 1 aromatic carbocycles. The molecule has 0 fully saturated rings. The van der Waals surface area contributed by atoms with E-state index in [9.17, 15) is 8.78 Å². The van der Waals surface area contributed by atoms with Crippen LogP contribution in [0.25, 0.3) is 0 Å². The van der Waals surface area contributed by atoms with E-state index in [1.165, 1.54) is 18.9 Å². The fourth-order valence-corrected chi connectivity index (χ4v) is 2.37. The minimum atomic E-state index is -0.817. The van der Waals surface area contributed by atoms with Gasteiger partial charge in [-0.2, -0.15) is 0 Å². The van der Waals surface area contributed by atoms with E-state index in [0.717, 1.165) is 18.9 Å². The van der Waals surface area contributed by atoms with E-state index >= 15 is 0 Å². The van der Waals surface area contributed by atoms with E-state index in [-0.39, 0.29) is 6.04 Å². The Kier molecular flexibility index (Phi) is 8.47. The summed E-state index contributed by atoms with van der Waals surface area (Å²) in [5, 5.41) is 2.99. The Hall–Kier alpha value is -1.00. The minimum Gasteiger partial charge on any atom is -0.379 e. The van der Waals surface area contributed by atoms with E-state index in [2.05, 4.69) is 19.2 Å². The van der Waals surface area contributed by atoms with Crippen molar-refractivity contribution in [3.8, 4) is 0 Å². The lowest BCUT2D eigenvalue weighted by molar-refractivity contribution is 0.0773. The molecule has 120 valence electrons.